The summed E-state index contributed by atoms with van der Waals surface area (Å²) in [4.78, 5) is 39.5. The molecule has 6 nitrogen and oxygen atoms in total. The van der Waals surface area contributed by atoms with Crippen molar-refractivity contribution in [2.75, 3.05) is 14.2 Å². The van der Waals surface area contributed by atoms with Crippen LogP contribution in [-0.2, 0) is 30.3 Å². The van der Waals surface area contributed by atoms with E-state index in [4.69, 9.17) is 9.47 Å². The first-order chi connectivity index (χ1) is 16.5. The molecule has 0 aliphatic carbocycles. The lowest BCUT2D eigenvalue weighted by atomic mass is 9.97. The third kappa shape index (κ3) is 6.42. The molecule has 34 heavy (non-hydrogen) atoms. The van der Waals surface area contributed by atoms with Gasteiger partial charge in [-0.2, -0.15) is 0 Å². The number of carbonyl (C=O) groups is 3. The fourth-order valence-electron chi connectivity index (χ4n) is 3.58. The molecule has 3 rings (SSSR count). The van der Waals surface area contributed by atoms with Crippen molar-refractivity contribution in [3.63, 3.8) is 0 Å². The molecule has 0 saturated carbocycles. The summed E-state index contributed by atoms with van der Waals surface area (Å²) in [6, 6.07) is 27.4. The number of nitrogens with zero attached hydrogens (tertiary/aromatic N) is 1. The first-order valence-electron chi connectivity index (χ1n) is 10.9. The minimum atomic E-state index is -0.980. The zero-order valence-electron chi connectivity index (χ0n) is 19.2. The summed E-state index contributed by atoms with van der Waals surface area (Å²) >= 11 is 0. The number of methoxy groups -OCH3 is 2. The van der Waals surface area contributed by atoms with Crippen LogP contribution in [0.3, 0.4) is 0 Å². The molecule has 0 saturated heterocycles. The normalized spacial score (nSPS) is 11.1. The van der Waals surface area contributed by atoms with Crippen LogP contribution in [0.4, 0.5) is 0 Å². The number of ether oxygens (including phenoxy) is 2. The Morgan fingerprint density at radius 1 is 0.765 bits per heavy atom. The third-order valence-corrected chi connectivity index (χ3v) is 5.33. The molecule has 0 spiro atoms. The van der Waals surface area contributed by atoms with Gasteiger partial charge >= 0.3 is 11.9 Å². The second-order valence-corrected chi connectivity index (χ2v) is 7.56. The summed E-state index contributed by atoms with van der Waals surface area (Å²) in [7, 11) is 2.50. The van der Waals surface area contributed by atoms with Crippen molar-refractivity contribution >= 4 is 23.4 Å². The van der Waals surface area contributed by atoms with Crippen LogP contribution in [0.2, 0.25) is 0 Å². The number of esters is 2. The van der Waals surface area contributed by atoms with Crippen LogP contribution in [0.15, 0.2) is 97.2 Å². The Balaban J connectivity index is 2.15. The Bertz CT molecular complexity index is 1090. The van der Waals surface area contributed by atoms with Gasteiger partial charge in [0.25, 0.3) is 0 Å². The number of hydrogen-bond acceptors (Lipinski definition) is 5. The molecule has 0 aliphatic rings. The fourth-order valence-corrected chi connectivity index (χ4v) is 3.58. The van der Waals surface area contributed by atoms with E-state index in [2.05, 4.69) is 0 Å². The molecule has 0 fully saturated rings. The zero-order valence-corrected chi connectivity index (χ0v) is 19.2. The van der Waals surface area contributed by atoms with Crippen molar-refractivity contribution in [3.05, 3.63) is 114 Å². The highest BCUT2D eigenvalue weighted by Gasteiger charge is 2.31. The van der Waals surface area contributed by atoms with Gasteiger partial charge in [0, 0.05) is 18.2 Å². The average molecular weight is 458 g/mol. The van der Waals surface area contributed by atoms with Crippen LogP contribution in [0.5, 0.6) is 0 Å². The van der Waals surface area contributed by atoms with Crippen molar-refractivity contribution in [1.82, 2.24) is 4.90 Å². The first-order valence-corrected chi connectivity index (χ1v) is 10.9. The monoisotopic (exact) mass is 457 g/mol. The molecule has 3 aromatic carbocycles. The molecule has 0 aromatic heterocycles. The third-order valence-electron chi connectivity index (χ3n) is 5.33. The minimum Gasteiger partial charge on any atom is -0.469 e. The Labute approximate surface area is 199 Å². The molecule has 1 atom stereocenters. The van der Waals surface area contributed by atoms with Crippen molar-refractivity contribution in [1.29, 1.82) is 0 Å². The number of benzene rings is 3. The van der Waals surface area contributed by atoms with Crippen LogP contribution in [0.25, 0.3) is 5.57 Å². The van der Waals surface area contributed by atoms with Gasteiger partial charge in [-0.15, -0.1) is 0 Å². The zero-order chi connectivity index (χ0) is 24.3. The van der Waals surface area contributed by atoms with Crippen molar-refractivity contribution in [3.8, 4) is 0 Å². The van der Waals surface area contributed by atoms with Crippen molar-refractivity contribution in [2.24, 2.45) is 0 Å². The predicted octanol–water partition coefficient (Wildman–Crippen LogP) is 4.25. The fraction of sp³-hybridized carbons (Fsp3) is 0.179. The topological polar surface area (TPSA) is 72.9 Å². The number of rotatable bonds is 9. The Morgan fingerprint density at radius 2 is 1.26 bits per heavy atom. The van der Waals surface area contributed by atoms with Crippen LogP contribution in [0.1, 0.15) is 23.1 Å². The molecule has 0 radical (unpaired) electrons. The lowest BCUT2D eigenvalue weighted by molar-refractivity contribution is -0.154. The highest BCUT2D eigenvalue weighted by atomic mass is 16.5. The van der Waals surface area contributed by atoms with Crippen LogP contribution >= 0.6 is 0 Å². The van der Waals surface area contributed by atoms with E-state index in [1.807, 2.05) is 91.0 Å². The van der Waals surface area contributed by atoms with E-state index in [0.717, 1.165) is 22.3 Å². The lowest BCUT2D eigenvalue weighted by Gasteiger charge is -2.28. The van der Waals surface area contributed by atoms with Crippen molar-refractivity contribution < 1.29 is 23.9 Å². The van der Waals surface area contributed by atoms with Gasteiger partial charge in [-0.1, -0.05) is 91.0 Å². The quantitative estimate of drug-likeness (QED) is 0.355. The summed E-state index contributed by atoms with van der Waals surface area (Å²) in [5.74, 6) is -1.84. The SMILES string of the molecule is COC(=O)CC(=O)N(C=C(c1ccccc1)c1ccccc1)[C@@H](Cc1ccccc1)C(=O)OC. The molecule has 1 amide bonds. The molecule has 0 N–H and O–H groups in total. The van der Waals surface area contributed by atoms with E-state index in [0.29, 0.717) is 0 Å². The van der Waals surface area contributed by atoms with E-state index in [-0.39, 0.29) is 6.42 Å². The van der Waals surface area contributed by atoms with E-state index in [9.17, 15) is 14.4 Å². The van der Waals surface area contributed by atoms with E-state index in [1.54, 1.807) is 6.20 Å². The van der Waals surface area contributed by atoms with Gasteiger partial charge < -0.3 is 14.4 Å². The summed E-state index contributed by atoms with van der Waals surface area (Å²) in [5, 5.41) is 0. The highest BCUT2D eigenvalue weighted by molar-refractivity contribution is 5.97. The Hall–Kier alpha value is -4.19. The second-order valence-electron chi connectivity index (χ2n) is 7.56. The summed E-state index contributed by atoms with van der Waals surface area (Å²) in [5.41, 5.74) is 3.28. The van der Waals surface area contributed by atoms with E-state index in [1.165, 1.54) is 19.1 Å². The molecule has 174 valence electrons. The molecule has 0 unspecified atom stereocenters. The maximum Gasteiger partial charge on any atom is 0.329 e. The first kappa shape index (κ1) is 24.5. The second kappa shape index (κ2) is 12.2. The highest BCUT2D eigenvalue weighted by Crippen LogP contribution is 2.26. The van der Waals surface area contributed by atoms with Crippen LogP contribution in [-0.4, -0.2) is 43.0 Å². The number of carbonyl (C=O) groups excluding carboxylic acids is 3. The minimum absolute atomic E-state index is 0.216. The largest absolute Gasteiger partial charge is 0.469 e. The Kier molecular flexibility index (Phi) is 8.74. The summed E-state index contributed by atoms with van der Waals surface area (Å²) in [6.45, 7) is 0. The van der Waals surface area contributed by atoms with Gasteiger partial charge in [0.1, 0.15) is 12.5 Å². The summed E-state index contributed by atoms with van der Waals surface area (Å²) < 4.78 is 9.77. The van der Waals surface area contributed by atoms with Gasteiger partial charge in [-0.25, -0.2) is 4.79 Å². The van der Waals surface area contributed by atoms with E-state index >= 15 is 0 Å². The van der Waals surface area contributed by atoms with Gasteiger partial charge in [-0.05, 0) is 16.7 Å². The van der Waals surface area contributed by atoms with Gasteiger partial charge in [0.05, 0.1) is 14.2 Å². The Morgan fingerprint density at radius 3 is 1.74 bits per heavy atom. The predicted molar refractivity (Wildman–Crippen MR) is 129 cm³/mol. The molecular weight excluding hydrogens is 430 g/mol. The molecule has 0 aliphatic heterocycles. The molecule has 0 bridgehead atoms. The number of amides is 1. The number of hydrogen-bond donors (Lipinski definition) is 0. The van der Waals surface area contributed by atoms with Gasteiger partial charge in [0.15, 0.2) is 0 Å². The molecule has 0 heterocycles. The lowest BCUT2D eigenvalue weighted by Crippen LogP contribution is -2.44. The van der Waals surface area contributed by atoms with E-state index < -0.39 is 30.3 Å². The standard InChI is InChI=1S/C28H27NO5/c1-33-27(31)19-26(30)29(25(28(32)34-2)18-21-12-6-3-7-13-21)20-24(22-14-8-4-9-15-22)23-16-10-5-11-17-23/h3-17,20,25H,18-19H2,1-2H3/t25-/m0/s1. The smallest absolute Gasteiger partial charge is 0.329 e. The average Bonchev–Trinajstić information content (AvgIpc) is 2.89. The maximum absolute atomic E-state index is 13.3. The van der Waals surface area contributed by atoms with Crippen molar-refractivity contribution in [2.45, 2.75) is 18.9 Å². The maximum atomic E-state index is 13.3. The van der Waals surface area contributed by atoms with Crippen LogP contribution in [0, 0.1) is 0 Å². The summed E-state index contributed by atoms with van der Waals surface area (Å²) in [6.07, 6.45) is 1.33. The molecule has 6 heteroatoms. The molecular formula is C28H27NO5. The van der Waals surface area contributed by atoms with Gasteiger partial charge in [-0.3, -0.25) is 9.59 Å². The molecule has 3 aromatic rings. The van der Waals surface area contributed by atoms with Gasteiger partial charge in [0.2, 0.25) is 5.91 Å². The van der Waals surface area contributed by atoms with Crippen LogP contribution < -0.4 is 0 Å².